The largest absolute Gasteiger partial charge is 0.507 e. The monoisotopic (exact) mass is 756 g/mol. The summed E-state index contributed by atoms with van der Waals surface area (Å²) in [6.07, 6.45) is -25.6. The third-order valence-electron chi connectivity index (χ3n) is 9.49. The first-order valence-corrected chi connectivity index (χ1v) is 16.4. The zero-order valence-corrected chi connectivity index (χ0v) is 27.4. The van der Waals surface area contributed by atoms with E-state index in [0.29, 0.717) is 0 Å². The molecule has 0 radical (unpaired) electrons. The minimum absolute atomic E-state index is 0.0658. The Labute approximate surface area is 298 Å². The lowest BCUT2D eigenvalue weighted by Gasteiger charge is -2.42. The predicted octanol–water partition coefficient (Wildman–Crippen LogP) is -4.96. The van der Waals surface area contributed by atoms with Crippen molar-refractivity contribution < 1.29 is 94.5 Å². The molecule has 0 amide bonds. The Morgan fingerprint density at radius 1 is 0.585 bits per heavy atom. The van der Waals surface area contributed by atoms with Gasteiger partial charge in [0, 0.05) is 17.7 Å². The van der Waals surface area contributed by atoms with E-state index in [-0.39, 0.29) is 17.1 Å². The molecule has 2 aromatic carbocycles. The van der Waals surface area contributed by atoms with E-state index in [9.17, 15) is 71.2 Å². The number of aliphatic hydroxyl groups is 12. The summed E-state index contributed by atoms with van der Waals surface area (Å²) >= 11 is 0. The van der Waals surface area contributed by atoms with Crippen molar-refractivity contribution in [2.75, 3.05) is 19.8 Å². The first-order chi connectivity index (χ1) is 25.2. The lowest BCUT2D eigenvalue weighted by Crippen LogP contribution is -2.60. The number of hydrogen-bond donors (Lipinski definition) is 13. The van der Waals surface area contributed by atoms with E-state index in [2.05, 4.69) is 0 Å². The van der Waals surface area contributed by atoms with E-state index in [4.69, 9.17) is 28.1 Å². The summed E-state index contributed by atoms with van der Waals surface area (Å²) in [5.41, 5.74) is -1.54. The van der Waals surface area contributed by atoms with Gasteiger partial charge in [-0.05, 0) is 24.3 Å². The summed E-state index contributed by atoms with van der Waals surface area (Å²) in [6.45, 7) is -2.36. The first kappa shape index (κ1) is 39.2. The molecule has 15 atom stereocenters. The van der Waals surface area contributed by atoms with Crippen LogP contribution in [0.25, 0.3) is 22.3 Å². The van der Waals surface area contributed by atoms with Gasteiger partial charge in [-0.2, -0.15) is 0 Å². The van der Waals surface area contributed by atoms with Crippen LogP contribution in [0.3, 0.4) is 0 Å². The third kappa shape index (κ3) is 7.21. The van der Waals surface area contributed by atoms with Gasteiger partial charge in [0.15, 0.2) is 11.0 Å². The van der Waals surface area contributed by atoms with E-state index in [1.165, 1.54) is 24.3 Å². The zero-order chi connectivity index (χ0) is 38.5. The lowest BCUT2D eigenvalue weighted by atomic mass is 9.89. The molecule has 3 aliphatic rings. The molecule has 0 bridgehead atoms. The van der Waals surface area contributed by atoms with Gasteiger partial charge in [0.1, 0.15) is 108 Å². The molecule has 0 spiro atoms. The van der Waals surface area contributed by atoms with Crippen molar-refractivity contribution in [1.82, 2.24) is 0 Å². The highest BCUT2D eigenvalue weighted by atomic mass is 16.7. The molecule has 6 rings (SSSR count). The third-order valence-corrected chi connectivity index (χ3v) is 9.49. The summed E-state index contributed by atoms with van der Waals surface area (Å²) < 4.78 is 34.1. The molecule has 292 valence electrons. The van der Waals surface area contributed by atoms with E-state index in [0.717, 1.165) is 12.1 Å². The second-order valence-electron chi connectivity index (χ2n) is 12.9. The fraction of sp³-hybridized carbons (Fsp3) is 0.545. The Morgan fingerprint density at radius 2 is 1.08 bits per heavy atom. The Hall–Kier alpha value is -3.55. The summed E-state index contributed by atoms with van der Waals surface area (Å²) in [7, 11) is 0. The molecular formula is C33H40O20. The Bertz CT molecular complexity index is 1780. The van der Waals surface area contributed by atoms with Crippen molar-refractivity contribution in [2.45, 2.75) is 91.9 Å². The number of benzene rings is 2. The van der Waals surface area contributed by atoms with E-state index < -0.39 is 145 Å². The molecule has 0 saturated carbocycles. The van der Waals surface area contributed by atoms with Crippen LogP contribution < -0.4 is 14.9 Å². The SMILES string of the molecule is O=c1cc(-c2ccc(O[C@@H]3O[C@H](CO)[C@@H](O)[C@H](O)[C@H]3O)cc2)oc2c([C@@H]3O[C@H](CO)[C@@H](O)[C@H](O)[C@H]3O)c(O[C@@H]3O[C@H](CO)[C@@H](O)[C@H](O)[C@H]3O)cc(O)c12. The second kappa shape index (κ2) is 15.7. The molecule has 3 saturated heterocycles. The van der Waals surface area contributed by atoms with Gasteiger partial charge in [0.2, 0.25) is 12.6 Å². The molecule has 3 aromatic rings. The Balaban J connectivity index is 1.42. The quantitative estimate of drug-likeness (QED) is 0.0972. The molecule has 13 N–H and O–H groups in total. The smallest absolute Gasteiger partial charge is 0.229 e. The molecule has 3 aliphatic heterocycles. The maximum Gasteiger partial charge on any atom is 0.229 e. The molecule has 1 aromatic heterocycles. The number of phenols is 1. The summed E-state index contributed by atoms with van der Waals surface area (Å²) in [4.78, 5) is 13.6. The van der Waals surface area contributed by atoms with Crippen molar-refractivity contribution in [3.8, 4) is 28.6 Å². The summed E-state index contributed by atoms with van der Waals surface area (Å²) in [5.74, 6) is -1.38. The number of aromatic hydroxyl groups is 1. The van der Waals surface area contributed by atoms with Crippen LogP contribution in [0.15, 0.2) is 45.6 Å². The standard InChI is InChI=1S/C33H40O20/c34-7-16-21(39)24(42)27(45)31(50-16)20-15(51-33-29(47)26(44)23(41)18(9-36)53-33)6-13(38)19-12(37)5-14(49-30(19)20)10-1-3-11(4-2-10)48-32-28(46)25(43)22(40)17(8-35)52-32/h1-6,16-18,21-29,31-36,38-47H,7-9H2/t16-,17-,18-,21-,22-,23-,24+,25+,26+,27-,28-,29-,31+,32-,33-/m1/s1. The van der Waals surface area contributed by atoms with Crippen molar-refractivity contribution in [3.63, 3.8) is 0 Å². The number of rotatable bonds is 9. The van der Waals surface area contributed by atoms with E-state index >= 15 is 0 Å². The number of fused-ring (bicyclic) bond motifs is 1. The maximum absolute atomic E-state index is 13.6. The molecule has 0 unspecified atom stereocenters. The van der Waals surface area contributed by atoms with Crippen LogP contribution in [-0.2, 0) is 14.2 Å². The van der Waals surface area contributed by atoms with Crippen LogP contribution in [0, 0.1) is 0 Å². The zero-order valence-electron chi connectivity index (χ0n) is 27.4. The minimum Gasteiger partial charge on any atom is -0.507 e. The second-order valence-corrected chi connectivity index (χ2v) is 12.9. The van der Waals surface area contributed by atoms with Crippen LogP contribution in [0.5, 0.6) is 17.2 Å². The fourth-order valence-electron chi connectivity index (χ4n) is 6.45. The molecule has 3 fully saturated rings. The van der Waals surface area contributed by atoms with Gasteiger partial charge in [0.25, 0.3) is 0 Å². The number of hydrogen-bond acceptors (Lipinski definition) is 20. The lowest BCUT2D eigenvalue weighted by molar-refractivity contribution is -0.278. The van der Waals surface area contributed by atoms with Crippen LogP contribution in [0.4, 0.5) is 0 Å². The first-order valence-electron chi connectivity index (χ1n) is 16.4. The predicted molar refractivity (Wildman–Crippen MR) is 171 cm³/mol. The van der Waals surface area contributed by atoms with Gasteiger partial charge in [-0.25, -0.2) is 0 Å². The van der Waals surface area contributed by atoms with Crippen molar-refractivity contribution in [3.05, 3.63) is 52.2 Å². The van der Waals surface area contributed by atoms with Crippen LogP contribution in [-0.4, -0.2) is 172 Å². The van der Waals surface area contributed by atoms with Gasteiger partial charge in [0.05, 0.1) is 25.4 Å². The van der Waals surface area contributed by atoms with E-state index in [1.807, 2.05) is 0 Å². The number of phenolic OH excluding ortho intramolecular Hbond substituents is 1. The normalized spacial score (nSPS) is 37.8. The molecule has 53 heavy (non-hydrogen) atoms. The van der Waals surface area contributed by atoms with Gasteiger partial charge < -0.3 is 94.5 Å². The molecule has 20 heteroatoms. The highest BCUT2D eigenvalue weighted by Crippen LogP contribution is 2.45. The summed E-state index contributed by atoms with van der Waals surface area (Å²) in [5, 5.41) is 133. The van der Waals surface area contributed by atoms with Gasteiger partial charge >= 0.3 is 0 Å². The van der Waals surface area contributed by atoms with Gasteiger partial charge in [-0.3, -0.25) is 4.79 Å². The maximum atomic E-state index is 13.6. The minimum atomic E-state index is -1.99. The summed E-state index contributed by atoms with van der Waals surface area (Å²) in [6, 6.07) is 7.37. The van der Waals surface area contributed by atoms with Crippen LogP contribution in [0.2, 0.25) is 0 Å². The van der Waals surface area contributed by atoms with Crippen molar-refractivity contribution in [2.24, 2.45) is 0 Å². The topological polar surface area (TPSA) is 339 Å². The Morgan fingerprint density at radius 3 is 1.60 bits per heavy atom. The highest BCUT2D eigenvalue weighted by Gasteiger charge is 2.49. The van der Waals surface area contributed by atoms with Gasteiger partial charge in [-0.15, -0.1) is 0 Å². The van der Waals surface area contributed by atoms with Gasteiger partial charge in [-0.1, -0.05) is 0 Å². The van der Waals surface area contributed by atoms with Crippen LogP contribution >= 0.6 is 0 Å². The molecule has 4 heterocycles. The number of aliphatic hydroxyl groups excluding tert-OH is 12. The molecular weight excluding hydrogens is 716 g/mol. The van der Waals surface area contributed by atoms with Crippen LogP contribution in [0.1, 0.15) is 11.7 Å². The molecule has 20 nitrogen and oxygen atoms in total. The highest BCUT2D eigenvalue weighted by molar-refractivity contribution is 5.89. The number of ether oxygens (including phenoxy) is 5. The van der Waals surface area contributed by atoms with E-state index in [1.54, 1.807) is 0 Å². The average Bonchev–Trinajstić information content (AvgIpc) is 3.15. The average molecular weight is 757 g/mol. The van der Waals surface area contributed by atoms with Crippen molar-refractivity contribution in [1.29, 1.82) is 0 Å². The fourth-order valence-corrected chi connectivity index (χ4v) is 6.45. The Kier molecular flexibility index (Phi) is 11.6. The van der Waals surface area contributed by atoms with Crippen molar-refractivity contribution >= 4 is 11.0 Å². The molecule has 0 aliphatic carbocycles.